The van der Waals surface area contributed by atoms with E-state index in [1.54, 1.807) is 0 Å². The van der Waals surface area contributed by atoms with E-state index in [1.807, 2.05) is 0 Å². The Bertz CT molecular complexity index is 373. The van der Waals surface area contributed by atoms with E-state index in [1.165, 1.54) is 0 Å². The third kappa shape index (κ3) is 56.4. The molecule has 0 rings (SSSR count). The maximum atomic E-state index is 9.53. The second kappa shape index (κ2) is 23.2. The Morgan fingerprint density at radius 3 is 0.769 bits per heavy atom. The van der Waals surface area contributed by atoms with Gasteiger partial charge >= 0.3 is 108 Å². The van der Waals surface area contributed by atoms with Crippen LogP contribution in [0.5, 0.6) is 0 Å². The molecule has 3 N–H and O–H groups in total. The van der Waals surface area contributed by atoms with Crippen LogP contribution in [0.4, 0.5) is 0 Å². The third-order valence-electron chi connectivity index (χ3n) is 1.02. The standard InChI is InChI=1S/3C2H7O5P.2K/c3*3-1-2-7-8(4,5)6;;/h3*3H,1-2H2,(H2,4,5,6);;/q;;;2*+1/p-2. The van der Waals surface area contributed by atoms with E-state index >= 15 is 0 Å². The molecule has 0 spiro atoms. The molecule has 0 aliphatic carbocycles. The Kier molecular flexibility index (Phi) is 35.5. The summed E-state index contributed by atoms with van der Waals surface area (Å²) in [5.41, 5.74) is 0. The van der Waals surface area contributed by atoms with Gasteiger partial charge in [-0.25, -0.2) is 0 Å². The molecule has 0 saturated heterocycles. The molecule has 15 nitrogen and oxygen atoms in total. The van der Waals surface area contributed by atoms with E-state index in [2.05, 4.69) is 13.6 Å². The Morgan fingerprint density at radius 2 is 0.731 bits per heavy atom. The molecule has 20 heteroatoms. The van der Waals surface area contributed by atoms with Gasteiger partial charge in [-0.05, 0) is 0 Å². The third-order valence-corrected chi connectivity index (χ3v) is 2.52. The molecular weight excluding hydrogens is 483 g/mol. The number of aliphatic hydroxyl groups excluding tert-OH is 3. The zero-order chi connectivity index (χ0) is 19.9. The molecule has 0 aromatic rings. The molecule has 0 heterocycles. The fourth-order valence-electron chi connectivity index (χ4n) is 0.458. The van der Waals surface area contributed by atoms with Crippen LogP contribution >= 0.6 is 23.5 Å². The van der Waals surface area contributed by atoms with Gasteiger partial charge in [0, 0.05) is 0 Å². The van der Waals surface area contributed by atoms with E-state index in [-0.39, 0.29) is 108 Å². The number of phosphoric acid groups is 3. The molecule has 0 saturated carbocycles. The van der Waals surface area contributed by atoms with Crippen molar-refractivity contribution in [2.24, 2.45) is 0 Å². The molecule has 0 atom stereocenters. The normalized spacial score (nSPS) is 11.0. The van der Waals surface area contributed by atoms with E-state index in [0.29, 0.717) is 0 Å². The van der Waals surface area contributed by atoms with Crippen molar-refractivity contribution in [3.63, 3.8) is 0 Å². The zero-order valence-corrected chi connectivity index (χ0v) is 22.8. The fourth-order valence-corrected chi connectivity index (χ4v) is 1.37. The molecule has 26 heavy (non-hydrogen) atoms. The molecule has 150 valence electrons. The minimum atomic E-state index is -4.84. The summed E-state index contributed by atoms with van der Waals surface area (Å²) in [5, 5.41) is 23.7. The maximum Gasteiger partial charge on any atom is 1.00 e. The molecule has 0 bridgehead atoms. The van der Waals surface area contributed by atoms with Crippen LogP contribution < -0.4 is 132 Å². The molecule has 0 aromatic heterocycles. The monoisotopic (exact) mass is 502 g/mol. The van der Waals surface area contributed by atoms with Gasteiger partial charge in [-0.2, -0.15) is 0 Å². The molecule has 0 aliphatic rings. The summed E-state index contributed by atoms with van der Waals surface area (Å²) in [6.45, 7) is -2.75. The van der Waals surface area contributed by atoms with Crippen molar-refractivity contribution in [2.75, 3.05) is 39.6 Å². The zero-order valence-electron chi connectivity index (χ0n) is 17.8. The fraction of sp³-hybridized carbons (Fsp3) is 1.00. The maximum absolute atomic E-state index is 9.53. The number of rotatable bonds is 9. The molecule has 0 aromatic carbocycles. The Morgan fingerprint density at radius 1 is 0.577 bits per heavy atom. The van der Waals surface area contributed by atoms with Crippen LogP contribution in [0.25, 0.3) is 0 Å². The molecule has 0 radical (unpaired) electrons. The summed E-state index contributed by atoms with van der Waals surface area (Å²) in [7, 11) is -14.5. The van der Waals surface area contributed by atoms with Crippen molar-refractivity contribution in [3.8, 4) is 0 Å². The van der Waals surface area contributed by atoms with Crippen LogP contribution in [0, 0.1) is 0 Å². The van der Waals surface area contributed by atoms with Crippen LogP contribution in [-0.2, 0) is 27.3 Å². The molecule has 0 amide bonds. The van der Waals surface area contributed by atoms with Gasteiger partial charge in [-0.1, -0.05) is 0 Å². The molecule has 0 aliphatic heterocycles. The Labute approximate surface area is 239 Å². The van der Waals surface area contributed by atoms with Crippen LogP contribution in [0.1, 0.15) is 5.71 Å². The predicted octanol–water partition coefficient (Wildman–Crippen LogP) is -12.1. The van der Waals surface area contributed by atoms with Gasteiger partial charge in [-0.15, -0.1) is 0 Å². The predicted molar refractivity (Wildman–Crippen MR) is 66.4 cm³/mol. The SMILES string of the molecule is O=P([O-])([O-])OCCO.O=P([O-])([O-])OCCO.O=P([O-])([O-])OCCO.[H+].[H+].[H+].[H+].[K+].[K+]. The van der Waals surface area contributed by atoms with E-state index in [0.717, 1.165) is 0 Å². The summed E-state index contributed by atoms with van der Waals surface area (Å²) in [4.78, 5) is 57.2. The minimum absolute atomic E-state index is 0. The van der Waals surface area contributed by atoms with Crippen molar-refractivity contribution >= 4 is 23.5 Å². The van der Waals surface area contributed by atoms with Crippen LogP contribution in [0.2, 0.25) is 0 Å². The number of aliphatic hydroxyl groups is 3. The summed E-state index contributed by atoms with van der Waals surface area (Å²) >= 11 is 0. The summed E-state index contributed by atoms with van der Waals surface area (Å²) in [6.07, 6.45) is 0. The smallest absolute Gasteiger partial charge is 0.790 e. The summed E-state index contributed by atoms with van der Waals surface area (Å²) in [5.74, 6) is 0. The van der Waals surface area contributed by atoms with Gasteiger partial charge in [0.15, 0.2) is 0 Å². The molecule has 0 unspecified atom stereocenters. The Balaban J connectivity index is -0.0000000286. The average molecular weight is 502 g/mol. The quantitative estimate of drug-likeness (QED) is 0.195. The molecular formula is C6H19K2O15P3. The van der Waals surface area contributed by atoms with Crippen molar-refractivity contribution in [3.05, 3.63) is 0 Å². The first-order chi connectivity index (χ1) is 10.7. The first kappa shape index (κ1) is 39.9. The van der Waals surface area contributed by atoms with Crippen molar-refractivity contribution in [1.82, 2.24) is 0 Å². The minimum Gasteiger partial charge on any atom is -0.790 e. The van der Waals surface area contributed by atoms with Gasteiger partial charge in [-0.3, -0.25) is 0 Å². The first-order valence-electron chi connectivity index (χ1n) is 5.51. The van der Waals surface area contributed by atoms with Crippen LogP contribution in [-0.4, -0.2) is 55.0 Å². The van der Waals surface area contributed by atoms with Gasteiger partial charge < -0.3 is 71.9 Å². The van der Waals surface area contributed by atoms with Crippen molar-refractivity contribution in [2.45, 2.75) is 0 Å². The summed E-state index contributed by atoms with van der Waals surface area (Å²) in [6, 6.07) is 0. The van der Waals surface area contributed by atoms with Crippen molar-refractivity contribution in [1.29, 1.82) is 0 Å². The van der Waals surface area contributed by atoms with Crippen LogP contribution in [0.3, 0.4) is 0 Å². The summed E-state index contributed by atoms with van der Waals surface area (Å²) < 4.78 is 39.3. The van der Waals surface area contributed by atoms with Gasteiger partial charge in [0.2, 0.25) is 0 Å². The van der Waals surface area contributed by atoms with Crippen LogP contribution in [0.15, 0.2) is 0 Å². The van der Waals surface area contributed by atoms with Gasteiger partial charge in [0.25, 0.3) is 0 Å². The number of hydrogen-bond acceptors (Lipinski definition) is 15. The second-order valence-electron chi connectivity index (χ2n) is 3.01. The van der Waals surface area contributed by atoms with E-state index < -0.39 is 63.1 Å². The van der Waals surface area contributed by atoms with Gasteiger partial charge in [0.1, 0.15) is 0 Å². The van der Waals surface area contributed by atoms with E-state index in [9.17, 15) is 43.1 Å². The largest absolute Gasteiger partial charge is 1.00 e. The number of phosphoric ester groups is 3. The molecule has 0 fully saturated rings. The van der Waals surface area contributed by atoms with Gasteiger partial charge in [0.05, 0.1) is 63.1 Å². The average Bonchev–Trinajstić information content (AvgIpc) is 2.39. The second-order valence-corrected chi connectivity index (χ2v) is 6.47. The van der Waals surface area contributed by atoms with Crippen molar-refractivity contribution < 1.29 is 180 Å². The topological polar surface area (TPSA) is 278 Å². The first-order valence-corrected chi connectivity index (χ1v) is 9.89. The Hall–Kier alpha value is 3.48. The number of hydrogen-bond donors (Lipinski definition) is 3. The van der Waals surface area contributed by atoms with E-state index in [4.69, 9.17) is 15.3 Å².